The fourth-order valence-electron chi connectivity index (χ4n) is 2.37. The minimum absolute atomic E-state index is 0.0674. The zero-order valence-corrected chi connectivity index (χ0v) is 17.2. The van der Waals surface area contributed by atoms with Gasteiger partial charge in [0.25, 0.3) is 15.9 Å². The van der Waals surface area contributed by atoms with Gasteiger partial charge in [-0.25, -0.2) is 17.6 Å². The van der Waals surface area contributed by atoms with E-state index in [9.17, 15) is 22.4 Å². The van der Waals surface area contributed by atoms with Gasteiger partial charge in [0.05, 0.1) is 10.5 Å². The summed E-state index contributed by atoms with van der Waals surface area (Å²) >= 11 is 0. The molecular weight excluding hydrogens is 399 g/mol. The molecule has 9 heteroatoms. The van der Waals surface area contributed by atoms with Crippen LogP contribution >= 0.6 is 0 Å². The molecule has 2 N–H and O–H groups in total. The van der Waals surface area contributed by atoms with E-state index in [4.69, 9.17) is 4.74 Å². The second kappa shape index (κ2) is 9.51. The van der Waals surface area contributed by atoms with Crippen molar-refractivity contribution in [1.29, 1.82) is 0 Å². The SMILES string of the molecule is Cc1ccc(F)cc1S(=O)(=O)Nc1cccc(C(=O)OCC(=O)NCC(C)C)c1. The average Bonchev–Trinajstić information content (AvgIpc) is 2.66. The van der Waals surface area contributed by atoms with Gasteiger partial charge in [-0.15, -0.1) is 0 Å². The van der Waals surface area contributed by atoms with E-state index in [1.807, 2.05) is 13.8 Å². The molecule has 2 rings (SSSR count). The number of carbonyl (C=O) groups is 2. The van der Waals surface area contributed by atoms with Crippen molar-refractivity contribution in [1.82, 2.24) is 5.32 Å². The minimum atomic E-state index is -4.06. The Balaban J connectivity index is 2.08. The summed E-state index contributed by atoms with van der Waals surface area (Å²) in [7, 11) is -4.06. The highest BCUT2D eigenvalue weighted by molar-refractivity contribution is 7.92. The Morgan fingerprint density at radius 1 is 1.14 bits per heavy atom. The summed E-state index contributed by atoms with van der Waals surface area (Å²) in [6.07, 6.45) is 0. The van der Waals surface area contributed by atoms with Crippen molar-refractivity contribution in [2.75, 3.05) is 17.9 Å². The van der Waals surface area contributed by atoms with E-state index in [-0.39, 0.29) is 22.1 Å². The Kier molecular flexibility index (Phi) is 7.33. The monoisotopic (exact) mass is 422 g/mol. The molecule has 0 fully saturated rings. The highest BCUT2D eigenvalue weighted by atomic mass is 32.2. The van der Waals surface area contributed by atoms with Gasteiger partial charge in [0.2, 0.25) is 0 Å². The van der Waals surface area contributed by atoms with Gasteiger partial charge in [0.15, 0.2) is 6.61 Å². The summed E-state index contributed by atoms with van der Waals surface area (Å²) in [6.45, 7) is 5.44. The first-order valence-electron chi connectivity index (χ1n) is 8.91. The van der Waals surface area contributed by atoms with Crippen LogP contribution in [0.2, 0.25) is 0 Å². The van der Waals surface area contributed by atoms with Gasteiger partial charge in [0.1, 0.15) is 5.82 Å². The van der Waals surface area contributed by atoms with E-state index >= 15 is 0 Å². The fraction of sp³-hybridized carbons (Fsp3) is 0.300. The molecule has 156 valence electrons. The Bertz CT molecular complexity index is 1010. The zero-order valence-electron chi connectivity index (χ0n) is 16.4. The Morgan fingerprint density at radius 2 is 1.86 bits per heavy atom. The van der Waals surface area contributed by atoms with Gasteiger partial charge >= 0.3 is 5.97 Å². The van der Waals surface area contributed by atoms with Crippen LogP contribution in [0.1, 0.15) is 29.8 Å². The van der Waals surface area contributed by atoms with Crippen LogP contribution in [0.15, 0.2) is 47.4 Å². The molecule has 0 aromatic heterocycles. The first kappa shape index (κ1) is 22.4. The normalized spacial score (nSPS) is 11.2. The molecule has 0 aliphatic heterocycles. The summed E-state index contributed by atoms with van der Waals surface area (Å²) in [5.41, 5.74) is 0.548. The number of hydrogen-bond acceptors (Lipinski definition) is 5. The molecule has 0 saturated carbocycles. The maximum Gasteiger partial charge on any atom is 0.338 e. The van der Waals surface area contributed by atoms with Crippen LogP contribution in [-0.2, 0) is 19.6 Å². The number of benzene rings is 2. The topological polar surface area (TPSA) is 102 Å². The molecule has 0 radical (unpaired) electrons. The van der Waals surface area contributed by atoms with Crippen LogP contribution in [0.5, 0.6) is 0 Å². The summed E-state index contributed by atoms with van der Waals surface area (Å²) in [4.78, 5) is 23.6. The maximum absolute atomic E-state index is 13.4. The number of rotatable bonds is 8. The van der Waals surface area contributed by atoms with Crippen molar-refractivity contribution >= 4 is 27.6 Å². The third-order valence-electron chi connectivity index (χ3n) is 3.83. The Morgan fingerprint density at radius 3 is 2.55 bits per heavy atom. The Hall–Kier alpha value is -2.94. The van der Waals surface area contributed by atoms with Gasteiger partial charge in [0, 0.05) is 12.2 Å². The predicted octanol–water partition coefficient (Wildman–Crippen LogP) is 2.86. The second-order valence-electron chi connectivity index (χ2n) is 6.87. The van der Waals surface area contributed by atoms with E-state index in [0.717, 1.165) is 6.07 Å². The van der Waals surface area contributed by atoms with Gasteiger partial charge in [-0.3, -0.25) is 9.52 Å². The number of anilines is 1. The van der Waals surface area contributed by atoms with Gasteiger partial charge in [-0.1, -0.05) is 26.0 Å². The zero-order chi connectivity index (χ0) is 21.6. The van der Waals surface area contributed by atoms with Crippen LogP contribution in [0, 0.1) is 18.7 Å². The van der Waals surface area contributed by atoms with Gasteiger partial charge < -0.3 is 10.1 Å². The third kappa shape index (κ3) is 6.56. The van der Waals surface area contributed by atoms with Crippen molar-refractivity contribution < 1.29 is 27.1 Å². The Labute approximate surface area is 169 Å². The van der Waals surface area contributed by atoms with E-state index in [0.29, 0.717) is 12.1 Å². The first-order chi connectivity index (χ1) is 13.6. The minimum Gasteiger partial charge on any atom is -0.452 e. The van der Waals surface area contributed by atoms with Crippen molar-refractivity contribution in [2.45, 2.75) is 25.7 Å². The highest BCUT2D eigenvalue weighted by Crippen LogP contribution is 2.21. The number of aryl methyl sites for hydroxylation is 1. The number of carbonyl (C=O) groups excluding carboxylic acids is 2. The molecule has 2 aromatic rings. The summed E-state index contributed by atoms with van der Waals surface area (Å²) in [6, 6.07) is 9.07. The van der Waals surface area contributed by atoms with Crippen LogP contribution in [0.4, 0.5) is 10.1 Å². The quantitative estimate of drug-likeness (QED) is 0.637. The lowest BCUT2D eigenvalue weighted by Crippen LogP contribution is -2.31. The molecule has 0 heterocycles. The highest BCUT2D eigenvalue weighted by Gasteiger charge is 2.19. The number of hydrogen-bond donors (Lipinski definition) is 2. The smallest absolute Gasteiger partial charge is 0.338 e. The van der Waals surface area contributed by atoms with Crippen LogP contribution in [0.25, 0.3) is 0 Å². The van der Waals surface area contributed by atoms with E-state index in [2.05, 4.69) is 10.0 Å². The van der Waals surface area contributed by atoms with Gasteiger partial charge in [-0.05, 0) is 48.7 Å². The van der Waals surface area contributed by atoms with E-state index in [1.165, 1.54) is 36.4 Å². The lowest BCUT2D eigenvalue weighted by atomic mass is 10.2. The lowest BCUT2D eigenvalue weighted by molar-refractivity contribution is -0.124. The molecule has 2 aromatic carbocycles. The van der Waals surface area contributed by atoms with Crippen molar-refractivity contribution in [2.24, 2.45) is 5.92 Å². The van der Waals surface area contributed by atoms with Gasteiger partial charge in [-0.2, -0.15) is 0 Å². The average molecular weight is 422 g/mol. The van der Waals surface area contributed by atoms with Crippen LogP contribution < -0.4 is 10.0 Å². The fourth-order valence-corrected chi connectivity index (χ4v) is 3.67. The summed E-state index contributed by atoms with van der Waals surface area (Å²) in [5.74, 6) is -1.61. The van der Waals surface area contributed by atoms with Crippen molar-refractivity contribution in [3.63, 3.8) is 0 Å². The summed E-state index contributed by atoms with van der Waals surface area (Å²) < 4.78 is 45.8. The molecule has 0 saturated heterocycles. The first-order valence-corrected chi connectivity index (χ1v) is 10.4. The number of ether oxygens (including phenoxy) is 1. The molecule has 7 nitrogen and oxygen atoms in total. The van der Waals surface area contributed by atoms with E-state index in [1.54, 1.807) is 6.92 Å². The van der Waals surface area contributed by atoms with Crippen LogP contribution in [0.3, 0.4) is 0 Å². The molecule has 0 spiro atoms. The second-order valence-corrected chi connectivity index (χ2v) is 8.52. The molecule has 0 atom stereocenters. The molecule has 0 unspecified atom stereocenters. The molecular formula is C20H23FN2O5S. The number of nitrogens with one attached hydrogen (secondary N) is 2. The number of halogens is 1. The van der Waals surface area contributed by atoms with Crippen molar-refractivity contribution in [3.05, 3.63) is 59.4 Å². The molecule has 29 heavy (non-hydrogen) atoms. The summed E-state index contributed by atoms with van der Waals surface area (Å²) in [5, 5.41) is 2.62. The molecule has 0 bridgehead atoms. The molecule has 0 aliphatic carbocycles. The lowest BCUT2D eigenvalue weighted by Gasteiger charge is -2.12. The largest absolute Gasteiger partial charge is 0.452 e. The standard InChI is InChI=1S/C20H23FN2O5S/c1-13(2)11-22-19(24)12-28-20(25)15-5-4-6-17(9-15)23-29(26,27)18-10-16(21)8-7-14(18)3/h4-10,13,23H,11-12H2,1-3H3,(H,22,24). The van der Waals surface area contributed by atoms with E-state index < -0.39 is 34.3 Å². The maximum atomic E-state index is 13.4. The number of amides is 1. The predicted molar refractivity (Wildman–Crippen MR) is 107 cm³/mol. The number of esters is 1. The van der Waals surface area contributed by atoms with Crippen LogP contribution in [-0.4, -0.2) is 33.4 Å². The molecule has 0 aliphatic rings. The number of sulfonamides is 1. The van der Waals surface area contributed by atoms with Crippen molar-refractivity contribution in [3.8, 4) is 0 Å². The molecule has 1 amide bonds. The third-order valence-corrected chi connectivity index (χ3v) is 5.36.